The molecule has 0 radical (unpaired) electrons. The van der Waals surface area contributed by atoms with E-state index in [1.165, 1.54) is 0 Å². The Morgan fingerprint density at radius 2 is 2.09 bits per heavy atom. The highest BCUT2D eigenvalue weighted by Gasteiger charge is 2.17. The minimum absolute atomic E-state index is 0.0110. The summed E-state index contributed by atoms with van der Waals surface area (Å²) < 4.78 is 3.88. The van der Waals surface area contributed by atoms with E-state index in [9.17, 15) is 4.79 Å². The number of aromatic nitrogens is 4. The molecule has 0 fully saturated rings. The Kier molecular flexibility index (Phi) is 5.00. The fourth-order valence-corrected chi connectivity index (χ4v) is 2.67. The summed E-state index contributed by atoms with van der Waals surface area (Å²) in [5.41, 5.74) is 3.22. The van der Waals surface area contributed by atoms with Crippen molar-refractivity contribution < 1.29 is 4.79 Å². The van der Waals surface area contributed by atoms with Crippen LogP contribution in [0.4, 0.5) is 0 Å². The van der Waals surface area contributed by atoms with Gasteiger partial charge in [-0.15, -0.1) is 0 Å². The molecule has 0 bridgehead atoms. The second kappa shape index (κ2) is 6.77. The van der Waals surface area contributed by atoms with Crippen LogP contribution in [-0.4, -0.2) is 25.2 Å². The number of aryl methyl sites for hydroxylation is 3. The fourth-order valence-electron chi connectivity index (χ4n) is 2.67. The molecule has 1 unspecified atom stereocenters. The zero-order chi connectivity index (χ0) is 16.3. The fraction of sp³-hybridized carbons (Fsp3) is 0.562. The lowest BCUT2D eigenvalue weighted by molar-refractivity contribution is -0.124. The molecule has 2 aromatic rings. The number of carbonyl (C=O) groups excluding carboxylic acids is 1. The van der Waals surface area contributed by atoms with E-state index in [1.807, 2.05) is 36.2 Å². The van der Waals surface area contributed by atoms with Gasteiger partial charge in [0, 0.05) is 36.7 Å². The first-order valence-electron chi connectivity index (χ1n) is 7.75. The summed E-state index contributed by atoms with van der Waals surface area (Å²) in [7, 11) is 0. The van der Waals surface area contributed by atoms with Crippen LogP contribution < -0.4 is 5.32 Å². The number of hydrogen-bond acceptors (Lipinski definition) is 3. The molecular formula is C16H25N5O. The van der Waals surface area contributed by atoms with Gasteiger partial charge in [0.25, 0.3) is 0 Å². The zero-order valence-corrected chi connectivity index (χ0v) is 14.1. The molecule has 0 aliphatic rings. The molecule has 2 rings (SSSR count). The number of nitrogens with zero attached hydrogens (tertiary/aromatic N) is 4. The van der Waals surface area contributed by atoms with Gasteiger partial charge in [-0.2, -0.15) is 5.10 Å². The van der Waals surface area contributed by atoms with Crippen LogP contribution in [0.1, 0.15) is 49.1 Å². The van der Waals surface area contributed by atoms with E-state index in [0.717, 1.165) is 35.7 Å². The van der Waals surface area contributed by atoms with Crippen molar-refractivity contribution in [2.45, 2.75) is 60.2 Å². The van der Waals surface area contributed by atoms with Crippen molar-refractivity contribution in [1.29, 1.82) is 0 Å². The van der Waals surface area contributed by atoms with Crippen molar-refractivity contribution >= 4 is 5.91 Å². The predicted molar refractivity (Wildman–Crippen MR) is 85.5 cm³/mol. The van der Waals surface area contributed by atoms with Gasteiger partial charge >= 0.3 is 0 Å². The molecule has 1 N–H and O–H groups in total. The van der Waals surface area contributed by atoms with Crippen LogP contribution in [0.3, 0.4) is 0 Å². The van der Waals surface area contributed by atoms with Crippen LogP contribution in [-0.2, 0) is 17.9 Å². The normalized spacial score (nSPS) is 12.4. The molecule has 0 aliphatic carbocycles. The minimum Gasteiger partial charge on any atom is -0.350 e. The highest BCUT2D eigenvalue weighted by Crippen LogP contribution is 2.14. The maximum atomic E-state index is 12.3. The topological polar surface area (TPSA) is 64.7 Å². The Hall–Kier alpha value is -2.11. The monoisotopic (exact) mass is 303 g/mol. The first kappa shape index (κ1) is 16.3. The molecule has 1 amide bonds. The van der Waals surface area contributed by atoms with Crippen molar-refractivity contribution in [3.05, 3.63) is 35.2 Å². The van der Waals surface area contributed by atoms with Crippen molar-refractivity contribution in [2.24, 2.45) is 0 Å². The largest absolute Gasteiger partial charge is 0.350 e. The minimum atomic E-state index is -0.270. The average Bonchev–Trinajstić information content (AvgIpc) is 3.01. The molecule has 0 aliphatic heterocycles. The number of nitrogens with one attached hydrogen (secondary N) is 1. The number of imidazole rings is 1. The van der Waals surface area contributed by atoms with E-state index in [1.54, 1.807) is 6.20 Å². The Bertz CT molecular complexity index is 656. The van der Waals surface area contributed by atoms with Crippen molar-refractivity contribution in [3.63, 3.8) is 0 Å². The average molecular weight is 303 g/mol. The maximum absolute atomic E-state index is 12.3. The second-order valence-electron chi connectivity index (χ2n) is 5.65. The molecule has 0 saturated carbocycles. The van der Waals surface area contributed by atoms with E-state index in [2.05, 4.69) is 29.2 Å². The third-order valence-electron chi connectivity index (χ3n) is 4.07. The van der Waals surface area contributed by atoms with Crippen LogP contribution >= 0.6 is 0 Å². The predicted octanol–water partition coefficient (Wildman–Crippen LogP) is 2.29. The Morgan fingerprint density at radius 3 is 2.68 bits per heavy atom. The molecule has 6 heteroatoms. The van der Waals surface area contributed by atoms with Crippen molar-refractivity contribution in [2.75, 3.05) is 0 Å². The van der Waals surface area contributed by atoms with Gasteiger partial charge in [-0.3, -0.25) is 9.48 Å². The first-order chi connectivity index (χ1) is 10.5. The first-order valence-corrected chi connectivity index (χ1v) is 7.75. The lowest BCUT2D eigenvalue weighted by Crippen LogP contribution is -2.31. The quantitative estimate of drug-likeness (QED) is 0.890. The molecule has 0 saturated heterocycles. The Labute approximate surface area is 131 Å². The summed E-state index contributed by atoms with van der Waals surface area (Å²) in [4.78, 5) is 16.5. The molecule has 1 atom stereocenters. The van der Waals surface area contributed by atoms with Gasteiger partial charge in [0.2, 0.25) is 5.91 Å². The van der Waals surface area contributed by atoms with Crippen LogP contribution in [0.25, 0.3) is 0 Å². The van der Waals surface area contributed by atoms with Gasteiger partial charge in [0.15, 0.2) is 0 Å². The molecule has 2 heterocycles. The molecule has 0 aromatic carbocycles. The van der Waals surface area contributed by atoms with E-state index >= 15 is 0 Å². The third-order valence-corrected chi connectivity index (χ3v) is 4.07. The molecule has 0 spiro atoms. The second-order valence-corrected chi connectivity index (χ2v) is 5.65. The van der Waals surface area contributed by atoms with Crippen LogP contribution in [0.5, 0.6) is 0 Å². The van der Waals surface area contributed by atoms with Gasteiger partial charge < -0.3 is 9.88 Å². The van der Waals surface area contributed by atoms with Gasteiger partial charge in [-0.05, 0) is 34.1 Å². The van der Waals surface area contributed by atoms with Gasteiger partial charge in [-0.1, -0.05) is 6.92 Å². The number of carbonyl (C=O) groups is 1. The molecular weight excluding hydrogens is 278 g/mol. The molecule has 2 aromatic heterocycles. The smallest absolute Gasteiger partial charge is 0.243 e. The van der Waals surface area contributed by atoms with E-state index in [-0.39, 0.29) is 11.9 Å². The summed E-state index contributed by atoms with van der Waals surface area (Å²) in [6.07, 6.45) is 4.59. The lowest BCUT2D eigenvalue weighted by atomic mass is 10.2. The molecule has 6 nitrogen and oxygen atoms in total. The highest BCUT2D eigenvalue weighted by atomic mass is 16.2. The highest BCUT2D eigenvalue weighted by molar-refractivity contribution is 5.80. The van der Waals surface area contributed by atoms with Crippen LogP contribution in [0, 0.1) is 20.8 Å². The summed E-state index contributed by atoms with van der Waals surface area (Å²) in [5.74, 6) is 0.828. The van der Waals surface area contributed by atoms with Crippen molar-refractivity contribution in [1.82, 2.24) is 24.6 Å². The van der Waals surface area contributed by atoms with E-state index in [0.29, 0.717) is 6.54 Å². The van der Waals surface area contributed by atoms with E-state index in [4.69, 9.17) is 0 Å². The Balaban J connectivity index is 2.04. The number of amides is 1. The van der Waals surface area contributed by atoms with Gasteiger partial charge in [0.1, 0.15) is 11.9 Å². The van der Waals surface area contributed by atoms with Crippen LogP contribution in [0.2, 0.25) is 0 Å². The summed E-state index contributed by atoms with van der Waals surface area (Å²) in [6, 6.07) is -0.270. The summed E-state index contributed by atoms with van der Waals surface area (Å²) in [5, 5.41) is 7.55. The van der Waals surface area contributed by atoms with Gasteiger partial charge in [0.05, 0.1) is 5.69 Å². The summed E-state index contributed by atoms with van der Waals surface area (Å²) in [6.45, 7) is 11.4. The molecule has 22 heavy (non-hydrogen) atoms. The van der Waals surface area contributed by atoms with Gasteiger partial charge in [-0.25, -0.2) is 4.98 Å². The number of hydrogen-bond donors (Lipinski definition) is 1. The standard InChI is InChI=1S/C16H25N5O/c1-6-8-21-12(3)15(11(2)19-21)10-18-16(22)13(4)20-9-7-17-14(20)5/h7,9,13H,6,8,10H2,1-5H3,(H,18,22). The zero-order valence-electron chi connectivity index (χ0n) is 14.1. The maximum Gasteiger partial charge on any atom is 0.243 e. The molecule has 120 valence electrons. The van der Waals surface area contributed by atoms with E-state index < -0.39 is 0 Å². The number of rotatable bonds is 6. The lowest BCUT2D eigenvalue weighted by Gasteiger charge is -2.15. The SMILES string of the molecule is CCCn1nc(C)c(CNC(=O)C(C)n2ccnc2C)c1C. The Morgan fingerprint density at radius 1 is 1.36 bits per heavy atom. The third kappa shape index (κ3) is 3.21. The van der Waals surface area contributed by atoms with Crippen molar-refractivity contribution in [3.8, 4) is 0 Å². The van der Waals surface area contributed by atoms with Crippen LogP contribution in [0.15, 0.2) is 12.4 Å². The summed E-state index contributed by atoms with van der Waals surface area (Å²) >= 11 is 0.